The molecule has 5 aromatic rings. The third kappa shape index (κ3) is 7.93. The summed E-state index contributed by atoms with van der Waals surface area (Å²) in [6.45, 7) is 3.67. The smallest absolute Gasteiger partial charge is 0.330 e. The molecular formula is C46H45N5O8. The molecule has 4 amide bonds. The van der Waals surface area contributed by atoms with Gasteiger partial charge in [-0.15, -0.1) is 6.58 Å². The molecule has 3 aliphatic rings. The number of aliphatic carboxylic acids is 1. The van der Waals surface area contributed by atoms with E-state index >= 15 is 0 Å². The molecule has 0 bridgehead atoms. The van der Waals surface area contributed by atoms with Gasteiger partial charge in [0.15, 0.2) is 0 Å². The van der Waals surface area contributed by atoms with Gasteiger partial charge in [-0.25, -0.2) is 14.6 Å². The van der Waals surface area contributed by atoms with Crippen molar-refractivity contribution >= 4 is 34.7 Å². The fourth-order valence-electron chi connectivity index (χ4n) is 8.30. The number of carbonyl (C=O) groups is 4. The zero-order valence-corrected chi connectivity index (χ0v) is 32.4. The number of nitrogens with one attached hydrogen (secondary N) is 3. The number of benzene rings is 4. The van der Waals surface area contributed by atoms with Crippen LogP contribution in [-0.2, 0) is 27.2 Å². The third-order valence-electron chi connectivity index (χ3n) is 11.6. The molecule has 1 aliphatic heterocycles. The van der Waals surface area contributed by atoms with Crippen LogP contribution < -0.4 is 25.4 Å². The summed E-state index contributed by atoms with van der Waals surface area (Å²) >= 11 is 0. The average molecular weight is 796 g/mol. The van der Waals surface area contributed by atoms with E-state index in [1.165, 1.54) is 11.0 Å². The van der Waals surface area contributed by atoms with E-state index in [4.69, 9.17) is 14.5 Å². The number of carbonyl (C=O) groups excluding carboxylic acids is 3. The molecule has 13 heteroatoms. The lowest BCUT2D eigenvalue weighted by molar-refractivity contribution is -0.144. The normalized spacial score (nSPS) is 23.4. The van der Waals surface area contributed by atoms with Crippen molar-refractivity contribution in [3.8, 4) is 22.8 Å². The van der Waals surface area contributed by atoms with Gasteiger partial charge in [-0.3, -0.25) is 9.59 Å². The van der Waals surface area contributed by atoms with Gasteiger partial charge in [-0.2, -0.15) is 0 Å². The number of ether oxygens (including phenoxy) is 2. The SMILES string of the molecule is C=C[C@@H]1C[C@]1(NC(=O)[C@@H]1C[C@@H](Oc2cc(-c3ccccc3)nc3cc(OC)ccc23)CN1C(=O)N[C@@H](Cc1ccccc1)C(=O)N[C@H]1c2ccccc2C[C@H]1O)C(=O)O. The minimum Gasteiger partial charge on any atom is -0.497 e. The largest absolute Gasteiger partial charge is 0.497 e. The highest BCUT2D eigenvalue weighted by Crippen LogP contribution is 2.45. The maximum absolute atomic E-state index is 14.5. The summed E-state index contributed by atoms with van der Waals surface area (Å²) in [6, 6.07) is 29.9. The molecule has 1 saturated heterocycles. The van der Waals surface area contributed by atoms with Gasteiger partial charge in [0.2, 0.25) is 11.8 Å². The van der Waals surface area contributed by atoms with Crippen LogP contribution in [0.4, 0.5) is 4.79 Å². The van der Waals surface area contributed by atoms with Crippen LogP contribution in [0.15, 0.2) is 122 Å². The van der Waals surface area contributed by atoms with Crippen LogP contribution >= 0.6 is 0 Å². The summed E-state index contributed by atoms with van der Waals surface area (Å²) in [5.74, 6) is -1.78. The zero-order valence-electron chi connectivity index (χ0n) is 32.4. The molecule has 0 radical (unpaired) electrons. The lowest BCUT2D eigenvalue weighted by Gasteiger charge is -2.29. The molecule has 8 rings (SSSR count). The fourth-order valence-corrected chi connectivity index (χ4v) is 8.30. The van der Waals surface area contributed by atoms with Crippen LogP contribution in [0.1, 0.15) is 35.6 Å². The molecule has 2 fully saturated rings. The van der Waals surface area contributed by atoms with Gasteiger partial charge in [-0.05, 0) is 35.2 Å². The first-order valence-electron chi connectivity index (χ1n) is 19.6. The second kappa shape index (κ2) is 16.3. The van der Waals surface area contributed by atoms with Crippen LogP contribution in [0.25, 0.3) is 22.2 Å². The number of hydrogen-bond donors (Lipinski definition) is 5. The third-order valence-corrected chi connectivity index (χ3v) is 11.6. The number of carboxylic acids is 1. The Morgan fingerprint density at radius 3 is 2.42 bits per heavy atom. The predicted molar refractivity (Wildman–Crippen MR) is 220 cm³/mol. The number of rotatable bonds is 13. The van der Waals surface area contributed by atoms with Crippen LogP contribution in [0.3, 0.4) is 0 Å². The zero-order chi connectivity index (χ0) is 41.3. The number of carboxylic acid groups (broad SMARTS) is 1. The molecular weight excluding hydrogens is 751 g/mol. The van der Waals surface area contributed by atoms with E-state index in [0.29, 0.717) is 34.5 Å². The number of nitrogens with zero attached hydrogens (tertiary/aromatic N) is 2. The van der Waals surface area contributed by atoms with Crippen molar-refractivity contribution in [2.24, 2.45) is 5.92 Å². The fraction of sp³-hybridized carbons (Fsp3) is 0.283. The number of hydrogen-bond acceptors (Lipinski definition) is 8. The molecule has 0 unspecified atom stereocenters. The van der Waals surface area contributed by atoms with E-state index in [1.807, 2.05) is 97.1 Å². The number of aliphatic hydroxyl groups is 1. The Hall–Kier alpha value is -6.73. The number of aromatic nitrogens is 1. The van der Waals surface area contributed by atoms with Crippen molar-refractivity contribution in [3.63, 3.8) is 0 Å². The van der Waals surface area contributed by atoms with E-state index in [1.54, 1.807) is 19.2 Å². The first kappa shape index (κ1) is 39.1. The highest BCUT2D eigenvalue weighted by Gasteiger charge is 2.61. The number of amides is 4. The topological polar surface area (TPSA) is 179 Å². The van der Waals surface area contributed by atoms with Crippen molar-refractivity contribution in [2.75, 3.05) is 13.7 Å². The Morgan fingerprint density at radius 1 is 0.983 bits per heavy atom. The molecule has 59 heavy (non-hydrogen) atoms. The van der Waals surface area contributed by atoms with Crippen molar-refractivity contribution in [3.05, 3.63) is 139 Å². The number of likely N-dealkylation sites (tertiary alicyclic amines) is 1. The highest BCUT2D eigenvalue weighted by atomic mass is 16.5. The van der Waals surface area contributed by atoms with Crippen molar-refractivity contribution in [2.45, 2.75) is 61.6 Å². The summed E-state index contributed by atoms with van der Waals surface area (Å²) in [4.78, 5) is 61.4. The number of fused-ring (bicyclic) bond motifs is 2. The summed E-state index contributed by atoms with van der Waals surface area (Å²) in [6.07, 6.45) is 0.598. The molecule has 1 saturated carbocycles. The van der Waals surface area contributed by atoms with E-state index in [0.717, 1.165) is 22.3 Å². The lowest BCUT2D eigenvalue weighted by Crippen LogP contribution is -2.57. The Morgan fingerprint density at radius 2 is 1.71 bits per heavy atom. The summed E-state index contributed by atoms with van der Waals surface area (Å²) in [5.41, 5.74) is 3.07. The Kier molecular flexibility index (Phi) is 10.8. The molecule has 1 aromatic heterocycles. The Bertz CT molecular complexity index is 2410. The van der Waals surface area contributed by atoms with Gasteiger partial charge < -0.3 is 40.5 Å². The number of methoxy groups -OCH3 is 1. The first-order valence-corrected chi connectivity index (χ1v) is 19.6. The molecule has 2 heterocycles. The summed E-state index contributed by atoms with van der Waals surface area (Å²) in [5, 5.41) is 30.3. The Balaban J connectivity index is 1.10. The van der Waals surface area contributed by atoms with E-state index < -0.39 is 65.6 Å². The van der Waals surface area contributed by atoms with Crippen molar-refractivity contribution < 1.29 is 38.9 Å². The van der Waals surface area contributed by atoms with Gasteiger partial charge in [0.05, 0.1) is 37.0 Å². The van der Waals surface area contributed by atoms with Crippen LogP contribution in [0, 0.1) is 5.92 Å². The number of pyridine rings is 1. The van der Waals surface area contributed by atoms with Crippen LogP contribution in [0.2, 0.25) is 0 Å². The van der Waals surface area contributed by atoms with Crippen molar-refractivity contribution in [1.82, 2.24) is 25.8 Å². The predicted octanol–water partition coefficient (Wildman–Crippen LogP) is 4.97. The van der Waals surface area contributed by atoms with Gasteiger partial charge in [0, 0.05) is 48.3 Å². The molecule has 302 valence electrons. The van der Waals surface area contributed by atoms with E-state index in [9.17, 15) is 29.4 Å². The van der Waals surface area contributed by atoms with Gasteiger partial charge >= 0.3 is 12.0 Å². The standard InChI is InChI=1S/C46H45N5O8/c1-3-30-25-46(30,44(55)56)50-43(54)38-23-32(59-40-24-35(28-14-8-5-9-15-28)47-36-22-31(58-2)18-19-34(36)40)26-51(38)45(57)48-37(20-27-12-6-4-7-13-27)42(53)49-41-33-17-11-10-16-29(33)21-39(41)52/h3-19,22,24,30,32,37-39,41,52H,1,20-21,23,25-26H2,2H3,(H,48,57)(H,49,53)(H,50,54)(H,55,56)/t30-,32-,37+,38+,39-,41+,46-/m1/s1. The van der Waals surface area contributed by atoms with E-state index in [-0.39, 0.29) is 25.8 Å². The monoisotopic (exact) mass is 795 g/mol. The Labute approximate surface area is 341 Å². The quantitative estimate of drug-likeness (QED) is 0.103. The molecule has 5 N–H and O–H groups in total. The minimum absolute atomic E-state index is 0.0228. The van der Waals surface area contributed by atoms with Crippen molar-refractivity contribution in [1.29, 1.82) is 0 Å². The maximum atomic E-state index is 14.5. The van der Waals surface area contributed by atoms with Gasteiger partial charge in [0.25, 0.3) is 0 Å². The molecule has 4 aromatic carbocycles. The van der Waals surface area contributed by atoms with Gasteiger partial charge in [-0.1, -0.05) is 91.0 Å². The molecule has 7 atom stereocenters. The minimum atomic E-state index is -1.54. The number of aliphatic hydroxyl groups excluding tert-OH is 1. The lowest BCUT2D eigenvalue weighted by atomic mass is 10.0. The molecule has 13 nitrogen and oxygen atoms in total. The first-order chi connectivity index (χ1) is 28.6. The second-order valence-corrected chi connectivity index (χ2v) is 15.4. The van der Waals surface area contributed by atoms with Crippen LogP contribution in [0.5, 0.6) is 11.5 Å². The highest BCUT2D eigenvalue weighted by molar-refractivity contribution is 5.96. The number of urea groups is 1. The van der Waals surface area contributed by atoms with Crippen LogP contribution in [-0.4, -0.2) is 87.4 Å². The maximum Gasteiger partial charge on any atom is 0.330 e. The molecule has 0 spiro atoms. The average Bonchev–Trinajstić information content (AvgIpc) is 3.66. The second-order valence-electron chi connectivity index (χ2n) is 15.4. The van der Waals surface area contributed by atoms with Gasteiger partial charge in [0.1, 0.15) is 35.2 Å². The summed E-state index contributed by atoms with van der Waals surface area (Å²) in [7, 11) is 1.57. The summed E-state index contributed by atoms with van der Waals surface area (Å²) < 4.78 is 12.2. The molecule has 2 aliphatic carbocycles. The van der Waals surface area contributed by atoms with E-state index in [2.05, 4.69) is 22.5 Å².